The summed E-state index contributed by atoms with van der Waals surface area (Å²) >= 11 is 5.96. The Hall–Kier alpha value is -3.19. The van der Waals surface area contributed by atoms with Crippen molar-refractivity contribution in [2.75, 3.05) is 6.61 Å². The van der Waals surface area contributed by atoms with E-state index in [0.717, 1.165) is 11.1 Å². The molecule has 8 heteroatoms. The van der Waals surface area contributed by atoms with Gasteiger partial charge in [0.2, 0.25) is 0 Å². The maximum Gasteiger partial charge on any atom is 0.338 e. The fraction of sp³-hybridized carbons (Fsp3) is 0.200. The molecule has 0 aliphatic heterocycles. The summed E-state index contributed by atoms with van der Waals surface area (Å²) in [5.74, 6) is -0.943. The third-order valence-corrected chi connectivity index (χ3v) is 4.30. The van der Waals surface area contributed by atoms with Crippen molar-refractivity contribution in [3.8, 4) is 0 Å². The molecule has 2 aromatic carbocycles. The van der Waals surface area contributed by atoms with Crippen molar-refractivity contribution in [2.45, 2.75) is 19.5 Å². The van der Waals surface area contributed by atoms with Crippen LogP contribution in [-0.2, 0) is 16.1 Å². The topological polar surface area (TPSA) is 86.1 Å². The van der Waals surface area contributed by atoms with Gasteiger partial charge in [0, 0.05) is 5.02 Å². The molecule has 0 aliphatic rings. The average Bonchev–Trinajstić information content (AvgIpc) is 3.19. The number of carbonyl (C=O) groups excluding carboxylic acids is 2. The van der Waals surface area contributed by atoms with Crippen molar-refractivity contribution in [1.29, 1.82) is 0 Å². The zero-order valence-electron chi connectivity index (χ0n) is 15.2. The average molecular weight is 399 g/mol. The summed E-state index contributed by atoms with van der Waals surface area (Å²) in [6.07, 6.45) is 3.08. The number of halogens is 1. The molecule has 0 saturated heterocycles. The first kappa shape index (κ1) is 19.6. The van der Waals surface area contributed by atoms with Gasteiger partial charge in [0.25, 0.3) is 5.91 Å². The van der Waals surface area contributed by atoms with Crippen molar-refractivity contribution in [2.24, 2.45) is 0 Å². The van der Waals surface area contributed by atoms with Crippen LogP contribution in [0.2, 0.25) is 5.02 Å². The molecule has 1 aromatic heterocycles. The zero-order chi connectivity index (χ0) is 19.9. The van der Waals surface area contributed by atoms with Crippen molar-refractivity contribution >= 4 is 23.5 Å². The number of amides is 1. The Morgan fingerprint density at radius 2 is 2.00 bits per heavy atom. The van der Waals surface area contributed by atoms with Gasteiger partial charge in [-0.15, -0.1) is 0 Å². The second-order valence-electron chi connectivity index (χ2n) is 6.21. The van der Waals surface area contributed by atoms with E-state index in [1.807, 2.05) is 19.1 Å². The van der Waals surface area contributed by atoms with E-state index < -0.39 is 5.97 Å². The summed E-state index contributed by atoms with van der Waals surface area (Å²) in [5, 5.41) is 7.40. The molecule has 1 unspecified atom stereocenters. The van der Waals surface area contributed by atoms with E-state index in [9.17, 15) is 9.59 Å². The van der Waals surface area contributed by atoms with Crippen LogP contribution in [0.25, 0.3) is 0 Å². The van der Waals surface area contributed by atoms with Crippen LogP contribution in [0.3, 0.4) is 0 Å². The second kappa shape index (κ2) is 9.14. The van der Waals surface area contributed by atoms with Crippen LogP contribution in [0, 0.1) is 0 Å². The minimum atomic E-state index is -0.558. The molecule has 1 heterocycles. The van der Waals surface area contributed by atoms with Crippen LogP contribution in [-0.4, -0.2) is 33.2 Å². The molecule has 0 saturated carbocycles. The van der Waals surface area contributed by atoms with Crippen molar-refractivity contribution in [1.82, 2.24) is 20.1 Å². The zero-order valence-corrected chi connectivity index (χ0v) is 16.0. The first-order chi connectivity index (χ1) is 13.5. The normalized spacial score (nSPS) is 11.6. The lowest BCUT2D eigenvalue weighted by molar-refractivity contribution is -0.124. The quantitative estimate of drug-likeness (QED) is 0.618. The number of hydrogen-bond acceptors (Lipinski definition) is 5. The number of ether oxygens (including phenoxy) is 1. The number of benzene rings is 2. The number of carbonyl (C=O) groups is 2. The van der Waals surface area contributed by atoms with Gasteiger partial charge in [0.05, 0.1) is 18.2 Å². The Morgan fingerprint density at radius 3 is 2.68 bits per heavy atom. The standard InChI is InChI=1S/C20H19ClN4O3/c1-14(17-3-2-4-18(21)9-17)24-19(26)11-28-20(27)16-7-5-15(6-8-16)10-25-13-22-12-23-25/h2-9,12-14H,10-11H2,1H3,(H,24,26). The molecule has 3 rings (SSSR count). The van der Waals surface area contributed by atoms with Crippen LogP contribution < -0.4 is 5.32 Å². The predicted octanol–water partition coefficient (Wildman–Crippen LogP) is 3.01. The first-order valence-corrected chi connectivity index (χ1v) is 9.02. The highest BCUT2D eigenvalue weighted by molar-refractivity contribution is 6.30. The Kier molecular flexibility index (Phi) is 6.39. The van der Waals surface area contributed by atoms with Crippen LogP contribution in [0.4, 0.5) is 0 Å². The summed E-state index contributed by atoms with van der Waals surface area (Å²) in [4.78, 5) is 28.1. The molecule has 0 spiro atoms. The molecule has 7 nitrogen and oxygen atoms in total. The van der Waals surface area contributed by atoms with Gasteiger partial charge in [-0.3, -0.25) is 4.79 Å². The van der Waals surface area contributed by atoms with E-state index in [1.54, 1.807) is 47.4 Å². The molecule has 0 radical (unpaired) electrons. The Labute approximate surface area is 167 Å². The van der Waals surface area contributed by atoms with Gasteiger partial charge < -0.3 is 10.1 Å². The first-order valence-electron chi connectivity index (χ1n) is 8.64. The summed E-state index contributed by atoms with van der Waals surface area (Å²) in [7, 11) is 0. The molecule has 1 atom stereocenters. The van der Waals surface area contributed by atoms with E-state index in [-0.39, 0.29) is 18.6 Å². The van der Waals surface area contributed by atoms with Crippen LogP contribution in [0.15, 0.2) is 61.2 Å². The van der Waals surface area contributed by atoms with Crippen LogP contribution in [0.1, 0.15) is 34.5 Å². The molecule has 1 amide bonds. The SMILES string of the molecule is CC(NC(=O)COC(=O)c1ccc(Cn2cncn2)cc1)c1cccc(Cl)c1. The minimum absolute atomic E-state index is 0.249. The number of rotatable bonds is 7. The van der Waals surface area contributed by atoms with Gasteiger partial charge in [-0.25, -0.2) is 14.5 Å². The Balaban J connectivity index is 1.48. The highest BCUT2D eigenvalue weighted by Gasteiger charge is 2.13. The lowest BCUT2D eigenvalue weighted by Crippen LogP contribution is -2.31. The number of hydrogen-bond donors (Lipinski definition) is 1. The van der Waals surface area contributed by atoms with E-state index >= 15 is 0 Å². The van der Waals surface area contributed by atoms with E-state index in [0.29, 0.717) is 17.1 Å². The molecule has 1 N–H and O–H groups in total. The lowest BCUT2D eigenvalue weighted by atomic mass is 10.1. The second-order valence-corrected chi connectivity index (χ2v) is 6.65. The Morgan fingerprint density at radius 1 is 1.21 bits per heavy atom. The largest absolute Gasteiger partial charge is 0.452 e. The maximum absolute atomic E-state index is 12.1. The summed E-state index contributed by atoms with van der Waals surface area (Å²) in [6.45, 7) is 2.03. The van der Waals surface area contributed by atoms with Crippen LogP contribution in [0.5, 0.6) is 0 Å². The molecular formula is C20H19ClN4O3. The van der Waals surface area contributed by atoms with E-state index in [1.165, 1.54) is 6.33 Å². The van der Waals surface area contributed by atoms with Gasteiger partial charge in [0.1, 0.15) is 12.7 Å². The van der Waals surface area contributed by atoms with Crippen molar-refractivity contribution < 1.29 is 14.3 Å². The molecule has 28 heavy (non-hydrogen) atoms. The number of esters is 1. The van der Waals surface area contributed by atoms with Crippen molar-refractivity contribution in [3.05, 3.63) is 82.9 Å². The molecule has 0 fully saturated rings. The lowest BCUT2D eigenvalue weighted by Gasteiger charge is -2.14. The van der Waals surface area contributed by atoms with Gasteiger partial charge in [-0.1, -0.05) is 35.9 Å². The summed E-state index contributed by atoms with van der Waals surface area (Å²) in [6, 6.07) is 13.9. The minimum Gasteiger partial charge on any atom is -0.452 e. The van der Waals surface area contributed by atoms with Gasteiger partial charge in [0.15, 0.2) is 6.61 Å². The molecule has 144 valence electrons. The fourth-order valence-electron chi connectivity index (χ4n) is 2.60. The molecule has 3 aromatic rings. The van der Waals surface area contributed by atoms with Gasteiger partial charge in [-0.05, 0) is 42.3 Å². The summed E-state index contributed by atoms with van der Waals surface area (Å²) in [5.41, 5.74) is 2.21. The smallest absolute Gasteiger partial charge is 0.338 e. The predicted molar refractivity (Wildman–Crippen MR) is 104 cm³/mol. The van der Waals surface area contributed by atoms with Crippen molar-refractivity contribution in [3.63, 3.8) is 0 Å². The van der Waals surface area contributed by atoms with Gasteiger partial charge >= 0.3 is 5.97 Å². The molecule has 0 bridgehead atoms. The highest BCUT2D eigenvalue weighted by Crippen LogP contribution is 2.17. The maximum atomic E-state index is 12.1. The van der Waals surface area contributed by atoms with E-state index in [2.05, 4.69) is 15.4 Å². The highest BCUT2D eigenvalue weighted by atomic mass is 35.5. The number of nitrogens with one attached hydrogen (secondary N) is 1. The monoisotopic (exact) mass is 398 g/mol. The van der Waals surface area contributed by atoms with E-state index in [4.69, 9.17) is 16.3 Å². The molecule has 0 aliphatic carbocycles. The summed E-state index contributed by atoms with van der Waals surface area (Å²) < 4.78 is 6.77. The third kappa shape index (κ3) is 5.40. The number of aromatic nitrogens is 3. The fourth-order valence-corrected chi connectivity index (χ4v) is 2.80. The van der Waals surface area contributed by atoms with Gasteiger partial charge in [-0.2, -0.15) is 5.10 Å². The third-order valence-electron chi connectivity index (χ3n) is 4.06. The Bertz CT molecular complexity index is 942. The molecular weight excluding hydrogens is 380 g/mol. The number of nitrogens with zero attached hydrogens (tertiary/aromatic N) is 3. The van der Waals surface area contributed by atoms with Crippen LogP contribution >= 0.6 is 11.6 Å².